The third-order valence-electron chi connectivity index (χ3n) is 4.01. The first-order valence-electron chi connectivity index (χ1n) is 7.92. The van der Waals surface area contributed by atoms with Crippen molar-refractivity contribution in [2.75, 3.05) is 13.1 Å². The fraction of sp³-hybridized carbons (Fsp3) is 0.294. The molecule has 1 aliphatic rings. The van der Waals surface area contributed by atoms with Crippen molar-refractivity contribution in [1.29, 1.82) is 10.5 Å². The molecule has 0 radical (unpaired) electrons. The predicted octanol–water partition coefficient (Wildman–Crippen LogP) is 1.45. The van der Waals surface area contributed by atoms with Crippen LogP contribution in [-0.4, -0.2) is 41.9 Å². The Labute approximate surface area is 151 Å². The van der Waals surface area contributed by atoms with E-state index >= 15 is 0 Å². The Morgan fingerprint density at radius 1 is 1.12 bits per heavy atom. The molecule has 2 heterocycles. The van der Waals surface area contributed by atoms with Gasteiger partial charge in [0.2, 0.25) is 15.7 Å². The van der Waals surface area contributed by atoms with Gasteiger partial charge in [-0.05, 0) is 37.1 Å². The molecule has 1 fully saturated rings. The fourth-order valence-corrected chi connectivity index (χ4v) is 4.23. The van der Waals surface area contributed by atoms with E-state index in [1.54, 1.807) is 0 Å². The quantitative estimate of drug-likeness (QED) is 0.800. The molecule has 0 amide bonds. The van der Waals surface area contributed by atoms with Crippen LogP contribution in [0.3, 0.4) is 0 Å². The number of aromatic nitrogens is 2. The zero-order valence-corrected chi connectivity index (χ0v) is 14.6. The van der Waals surface area contributed by atoms with Crippen molar-refractivity contribution in [2.24, 2.45) is 0 Å². The second-order valence-corrected chi connectivity index (χ2v) is 7.64. The van der Waals surface area contributed by atoms with Crippen LogP contribution in [0.1, 0.15) is 24.1 Å². The van der Waals surface area contributed by atoms with Gasteiger partial charge in [-0.25, -0.2) is 18.4 Å². The first kappa shape index (κ1) is 17.8. The highest BCUT2D eigenvalue weighted by molar-refractivity contribution is 7.89. The van der Waals surface area contributed by atoms with Crippen molar-refractivity contribution in [3.8, 4) is 18.0 Å². The molecule has 9 heteroatoms. The lowest BCUT2D eigenvalue weighted by Gasteiger charge is -2.31. The fourth-order valence-electron chi connectivity index (χ4n) is 2.72. The van der Waals surface area contributed by atoms with E-state index in [9.17, 15) is 8.42 Å². The smallest absolute Gasteiger partial charge is 0.251 e. The van der Waals surface area contributed by atoms with Gasteiger partial charge in [0.25, 0.3) is 5.88 Å². The van der Waals surface area contributed by atoms with Crippen LogP contribution in [0.2, 0.25) is 0 Å². The lowest BCUT2D eigenvalue weighted by Crippen LogP contribution is -2.44. The van der Waals surface area contributed by atoms with Gasteiger partial charge in [-0.15, -0.1) is 0 Å². The molecule has 1 aliphatic heterocycles. The molecule has 0 aliphatic carbocycles. The summed E-state index contributed by atoms with van der Waals surface area (Å²) in [6.07, 6.45) is 3.68. The molecule has 0 bridgehead atoms. The minimum Gasteiger partial charge on any atom is -0.471 e. The molecule has 1 saturated heterocycles. The molecule has 3 rings (SSSR count). The summed E-state index contributed by atoms with van der Waals surface area (Å²) in [7, 11) is -3.69. The summed E-state index contributed by atoms with van der Waals surface area (Å²) in [6, 6.07) is 9.67. The van der Waals surface area contributed by atoms with Crippen molar-refractivity contribution in [3.05, 3.63) is 47.9 Å². The number of sulfonamides is 1. The summed E-state index contributed by atoms with van der Waals surface area (Å²) in [4.78, 5) is 8.02. The summed E-state index contributed by atoms with van der Waals surface area (Å²) >= 11 is 0. The van der Waals surface area contributed by atoms with Gasteiger partial charge in [-0.2, -0.15) is 14.8 Å². The second kappa shape index (κ2) is 7.48. The predicted molar refractivity (Wildman–Crippen MR) is 90.3 cm³/mol. The second-order valence-electron chi connectivity index (χ2n) is 5.70. The van der Waals surface area contributed by atoms with Crippen molar-refractivity contribution >= 4 is 10.0 Å². The summed E-state index contributed by atoms with van der Waals surface area (Å²) in [5.41, 5.74) is 0.468. The zero-order chi connectivity index (χ0) is 18.6. The van der Waals surface area contributed by atoms with Gasteiger partial charge in [0.1, 0.15) is 12.2 Å². The Bertz CT molecular complexity index is 977. The first-order valence-corrected chi connectivity index (χ1v) is 9.36. The third-order valence-corrected chi connectivity index (χ3v) is 5.89. The van der Waals surface area contributed by atoms with E-state index in [-0.39, 0.29) is 23.0 Å². The zero-order valence-electron chi connectivity index (χ0n) is 13.7. The molecule has 2 aromatic rings. The van der Waals surface area contributed by atoms with Gasteiger partial charge < -0.3 is 4.74 Å². The lowest BCUT2D eigenvalue weighted by atomic mass is 10.1. The lowest BCUT2D eigenvalue weighted by molar-refractivity contribution is 0.124. The van der Waals surface area contributed by atoms with Crippen LogP contribution in [-0.2, 0) is 10.0 Å². The monoisotopic (exact) mass is 369 g/mol. The Morgan fingerprint density at radius 2 is 1.85 bits per heavy atom. The highest BCUT2D eigenvalue weighted by atomic mass is 32.2. The number of rotatable bonds is 4. The molecular weight excluding hydrogens is 354 g/mol. The van der Waals surface area contributed by atoms with Crippen LogP contribution in [0.25, 0.3) is 0 Å². The molecule has 0 N–H and O–H groups in total. The molecule has 1 atom stereocenters. The maximum atomic E-state index is 12.8. The third kappa shape index (κ3) is 3.64. The highest BCUT2D eigenvalue weighted by Crippen LogP contribution is 2.24. The maximum absolute atomic E-state index is 12.8. The maximum Gasteiger partial charge on any atom is 0.251 e. The normalized spacial score (nSPS) is 17.8. The van der Waals surface area contributed by atoms with E-state index in [1.165, 1.54) is 41.0 Å². The van der Waals surface area contributed by atoms with Crippen LogP contribution < -0.4 is 4.74 Å². The number of ether oxygens (including phenoxy) is 1. The van der Waals surface area contributed by atoms with Crippen molar-refractivity contribution in [1.82, 2.24) is 14.3 Å². The van der Waals surface area contributed by atoms with Crippen LogP contribution in [0, 0.1) is 22.7 Å². The van der Waals surface area contributed by atoms with Crippen molar-refractivity contribution in [2.45, 2.75) is 23.8 Å². The van der Waals surface area contributed by atoms with Gasteiger partial charge in [-0.3, -0.25) is 0 Å². The van der Waals surface area contributed by atoms with Gasteiger partial charge >= 0.3 is 0 Å². The molecule has 132 valence electrons. The topological polar surface area (TPSA) is 120 Å². The number of benzene rings is 1. The molecule has 1 aromatic heterocycles. The van der Waals surface area contributed by atoms with Gasteiger partial charge in [-0.1, -0.05) is 0 Å². The van der Waals surface area contributed by atoms with E-state index < -0.39 is 16.1 Å². The minimum atomic E-state index is -3.69. The average Bonchev–Trinajstić information content (AvgIpc) is 2.68. The van der Waals surface area contributed by atoms with Crippen LogP contribution in [0.5, 0.6) is 5.88 Å². The van der Waals surface area contributed by atoms with Gasteiger partial charge in [0.15, 0.2) is 0 Å². The highest BCUT2D eigenvalue weighted by Gasteiger charge is 2.31. The van der Waals surface area contributed by atoms with E-state index in [1.807, 2.05) is 12.1 Å². The van der Waals surface area contributed by atoms with Crippen molar-refractivity contribution in [3.63, 3.8) is 0 Å². The summed E-state index contributed by atoms with van der Waals surface area (Å²) in [6.45, 7) is 0.539. The minimum absolute atomic E-state index is 0.0690. The van der Waals surface area contributed by atoms with Crippen LogP contribution in [0.15, 0.2) is 41.6 Å². The van der Waals surface area contributed by atoms with E-state index in [2.05, 4.69) is 9.97 Å². The molecule has 8 nitrogen and oxygen atoms in total. The molecule has 26 heavy (non-hydrogen) atoms. The van der Waals surface area contributed by atoms with Gasteiger partial charge in [0.05, 0.1) is 23.1 Å². The Hall–Kier alpha value is -3.01. The Morgan fingerprint density at radius 3 is 2.54 bits per heavy atom. The molecule has 1 aromatic carbocycles. The number of nitrogens with zero attached hydrogens (tertiary/aromatic N) is 5. The standard InChI is InChI=1S/C17H15N5O3S/c18-10-13-3-5-15(6-4-13)26(23,24)22-9-1-2-14(12-22)25-17-16(11-19)20-7-8-21-17/h3-8,14H,1-2,9,12H2. The van der Waals surface area contributed by atoms with E-state index in [0.717, 1.165) is 0 Å². The summed E-state index contributed by atoms with van der Waals surface area (Å²) in [5, 5.41) is 17.9. The number of piperidine rings is 1. The van der Waals surface area contributed by atoms with E-state index in [4.69, 9.17) is 15.3 Å². The van der Waals surface area contributed by atoms with E-state index in [0.29, 0.717) is 24.9 Å². The number of nitriles is 2. The first-order chi connectivity index (χ1) is 12.5. The Kier molecular flexibility index (Phi) is 5.12. The number of hydrogen-bond donors (Lipinski definition) is 0. The SMILES string of the molecule is N#Cc1ccc(S(=O)(=O)N2CCCC(Oc3nccnc3C#N)C2)cc1. The van der Waals surface area contributed by atoms with Crippen LogP contribution in [0.4, 0.5) is 0 Å². The largest absolute Gasteiger partial charge is 0.471 e. The Balaban J connectivity index is 1.77. The summed E-state index contributed by atoms with van der Waals surface area (Å²) in [5.74, 6) is 0.109. The summed E-state index contributed by atoms with van der Waals surface area (Å²) < 4.78 is 32.7. The molecule has 1 unspecified atom stereocenters. The number of hydrogen-bond acceptors (Lipinski definition) is 7. The molecule has 0 spiro atoms. The molecular formula is C17H15N5O3S. The molecule has 0 saturated carbocycles. The average molecular weight is 369 g/mol. The van der Waals surface area contributed by atoms with Gasteiger partial charge in [0, 0.05) is 18.9 Å². The van der Waals surface area contributed by atoms with Crippen LogP contribution >= 0.6 is 0 Å². The van der Waals surface area contributed by atoms with Crippen molar-refractivity contribution < 1.29 is 13.2 Å².